The van der Waals surface area contributed by atoms with Gasteiger partial charge in [0.1, 0.15) is 5.82 Å². The summed E-state index contributed by atoms with van der Waals surface area (Å²) in [7, 11) is 0. The van der Waals surface area contributed by atoms with Gasteiger partial charge >= 0.3 is 0 Å². The van der Waals surface area contributed by atoms with Gasteiger partial charge in [-0.3, -0.25) is 4.57 Å². The third-order valence-electron chi connectivity index (χ3n) is 7.50. The van der Waals surface area contributed by atoms with E-state index in [1.165, 1.54) is 21.5 Å². The summed E-state index contributed by atoms with van der Waals surface area (Å²) in [5.74, 6) is 2.70. The average molecular weight is 526 g/mol. The highest BCUT2D eigenvalue weighted by Gasteiger charge is 2.16. The van der Waals surface area contributed by atoms with Crippen molar-refractivity contribution in [2.75, 3.05) is 0 Å². The van der Waals surface area contributed by atoms with Gasteiger partial charge in [0.2, 0.25) is 0 Å². The van der Waals surface area contributed by atoms with Crippen molar-refractivity contribution in [1.82, 2.24) is 24.5 Å². The first-order chi connectivity index (χ1) is 20.3. The van der Waals surface area contributed by atoms with Gasteiger partial charge in [0, 0.05) is 33.7 Å². The van der Waals surface area contributed by atoms with Crippen LogP contribution in [0.3, 0.4) is 0 Å². The highest BCUT2D eigenvalue weighted by atomic mass is 15.1. The molecule has 3 aromatic heterocycles. The van der Waals surface area contributed by atoms with Crippen LogP contribution in [-0.4, -0.2) is 24.5 Å². The molecule has 0 radical (unpaired) electrons. The standard InChI is InChI=1S/C36H23N5/c1-3-12-25(13-4-1)34-38-35(26-14-5-2-6-15-26)40-36(39-34)27-20-22-32(37-23-27)41-30-18-10-9-17-29(30)33-28-16-8-7-11-24(28)19-21-31(33)41/h1-23H. The molecule has 192 valence electrons. The van der Waals surface area contributed by atoms with Gasteiger partial charge in [0.15, 0.2) is 17.5 Å². The number of nitrogens with zero attached hydrogens (tertiary/aromatic N) is 5. The van der Waals surface area contributed by atoms with Crippen LogP contribution < -0.4 is 0 Å². The van der Waals surface area contributed by atoms with Crippen molar-refractivity contribution in [3.8, 4) is 40.0 Å². The molecule has 5 aromatic carbocycles. The quantitative estimate of drug-likeness (QED) is 0.231. The minimum Gasteiger partial charge on any atom is -0.294 e. The van der Waals surface area contributed by atoms with Gasteiger partial charge < -0.3 is 0 Å². The van der Waals surface area contributed by atoms with Crippen LogP contribution in [0.2, 0.25) is 0 Å². The lowest BCUT2D eigenvalue weighted by molar-refractivity contribution is 1.05. The molecule has 5 nitrogen and oxygen atoms in total. The molecule has 0 saturated carbocycles. The average Bonchev–Trinajstić information content (AvgIpc) is 3.40. The van der Waals surface area contributed by atoms with E-state index >= 15 is 0 Å². The minimum absolute atomic E-state index is 0.588. The zero-order valence-electron chi connectivity index (χ0n) is 22.0. The zero-order chi connectivity index (χ0) is 27.2. The van der Waals surface area contributed by atoms with Crippen LogP contribution in [-0.2, 0) is 0 Å². The van der Waals surface area contributed by atoms with E-state index in [0.29, 0.717) is 17.5 Å². The highest BCUT2D eigenvalue weighted by Crippen LogP contribution is 2.36. The molecule has 0 aliphatic rings. The number of para-hydroxylation sites is 1. The van der Waals surface area contributed by atoms with Crippen molar-refractivity contribution in [3.05, 3.63) is 140 Å². The van der Waals surface area contributed by atoms with Crippen LogP contribution in [0.25, 0.3) is 72.6 Å². The summed E-state index contributed by atoms with van der Waals surface area (Å²) < 4.78 is 2.24. The molecule has 41 heavy (non-hydrogen) atoms. The Kier molecular flexibility index (Phi) is 5.38. The van der Waals surface area contributed by atoms with E-state index in [9.17, 15) is 0 Å². The Hall–Kier alpha value is -5.68. The molecule has 0 amide bonds. The Balaban J connectivity index is 1.29. The predicted molar refractivity (Wildman–Crippen MR) is 166 cm³/mol. The fraction of sp³-hybridized carbons (Fsp3) is 0. The molecule has 8 rings (SSSR count). The van der Waals surface area contributed by atoms with E-state index in [1.54, 1.807) is 0 Å². The summed E-state index contributed by atoms with van der Waals surface area (Å²) in [4.78, 5) is 19.5. The van der Waals surface area contributed by atoms with E-state index in [0.717, 1.165) is 33.5 Å². The van der Waals surface area contributed by atoms with E-state index in [-0.39, 0.29) is 0 Å². The van der Waals surface area contributed by atoms with E-state index in [4.69, 9.17) is 19.9 Å². The fourth-order valence-corrected chi connectivity index (χ4v) is 5.57. The van der Waals surface area contributed by atoms with Gasteiger partial charge in [-0.05, 0) is 35.0 Å². The monoisotopic (exact) mass is 525 g/mol. The van der Waals surface area contributed by atoms with Crippen LogP contribution in [0.5, 0.6) is 0 Å². The Morgan fingerprint density at radius 3 is 1.66 bits per heavy atom. The van der Waals surface area contributed by atoms with E-state index in [2.05, 4.69) is 65.2 Å². The Morgan fingerprint density at radius 2 is 1.00 bits per heavy atom. The first kappa shape index (κ1) is 23.2. The van der Waals surface area contributed by atoms with Crippen molar-refractivity contribution in [1.29, 1.82) is 0 Å². The molecule has 0 atom stereocenters. The normalized spacial score (nSPS) is 11.4. The second-order valence-corrected chi connectivity index (χ2v) is 9.98. The summed E-state index contributed by atoms with van der Waals surface area (Å²) in [5.41, 5.74) is 4.96. The van der Waals surface area contributed by atoms with Crippen LogP contribution in [0, 0.1) is 0 Å². The first-order valence-electron chi connectivity index (χ1n) is 13.6. The molecular formula is C36H23N5. The predicted octanol–water partition coefficient (Wildman–Crippen LogP) is 8.52. The Labute approximate surface area is 236 Å². The topological polar surface area (TPSA) is 56.5 Å². The molecule has 0 aliphatic carbocycles. The molecule has 5 heteroatoms. The number of hydrogen-bond acceptors (Lipinski definition) is 4. The number of hydrogen-bond donors (Lipinski definition) is 0. The van der Waals surface area contributed by atoms with Crippen molar-refractivity contribution < 1.29 is 0 Å². The maximum Gasteiger partial charge on any atom is 0.165 e. The van der Waals surface area contributed by atoms with Gasteiger partial charge in [-0.25, -0.2) is 19.9 Å². The Morgan fingerprint density at radius 1 is 0.415 bits per heavy atom. The SMILES string of the molecule is c1ccc(-c2nc(-c3ccccc3)nc(-c3ccc(-n4c5ccccc5c5c6ccccc6ccc54)nc3)n2)cc1. The first-order valence-corrected chi connectivity index (χ1v) is 13.6. The lowest BCUT2D eigenvalue weighted by Gasteiger charge is -2.10. The highest BCUT2D eigenvalue weighted by molar-refractivity contribution is 6.21. The molecule has 8 aromatic rings. The summed E-state index contributed by atoms with van der Waals surface area (Å²) >= 11 is 0. The zero-order valence-corrected chi connectivity index (χ0v) is 22.0. The van der Waals surface area contributed by atoms with E-state index in [1.807, 2.05) is 79.0 Å². The third-order valence-corrected chi connectivity index (χ3v) is 7.50. The smallest absolute Gasteiger partial charge is 0.165 e. The molecular weight excluding hydrogens is 502 g/mol. The van der Waals surface area contributed by atoms with Gasteiger partial charge in [-0.2, -0.15) is 0 Å². The number of fused-ring (bicyclic) bond motifs is 5. The second-order valence-electron chi connectivity index (χ2n) is 9.98. The number of rotatable bonds is 4. The molecule has 0 bridgehead atoms. The van der Waals surface area contributed by atoms with Gasteiger partial charge in [-0.15, -0.1) is 0 Å². The lowest BCUT2D eigenvalue weighted by atomic mass is 10.0. The molecule has 0 unspecified atom stereocenters. The number of aromatic nitrogens is 5. The van der Waals surface area contributed by atoms with Gasteiger partial charge in [0.05, 0.1) is 11.0 Å². The number of benzene rings is 5. The summed E-state index contributed by atoms with van der Waals surface area (Å²) in [5, 5.41) is 4.91. The molecule has 0 aliphatic heterocycles. The van der Waals surface area contributed by atoms with Gasteiger partial charge in [0.25, 0.3) is 0 Å². The largest absolute Gasteiger partial charge is 0.294 e. The summed E-state index contributed by atoms with van der Waals surface area (Å²) in [6.07, 6.45) is 1.86. The summed E-state index contributed by atoms with van der Waals surface area (Å²) in [6, 6.07) is 45.5. The maximum absolute atomic E-state index is 4.95. The van der Waals surface area contributed by atoms with Gasteiger partial charge in [-0.1, -0.05) is 109 Å². The third kappa shape index (κ3) is 3.95. The number of pyridine rings is 1. The van der Waals surface area contributed by atoms with E-state index < -0.39 is 0 Å². The molecule has 0 spiro atoms. The van der Waals surface area contributed by atoms with Crippen LogP contribution in [0.4, 0.5) is 0 Å². The molecule has 0 fully saturated rings. The van der Waals surface area contributed by atoms with Crippen LogP contribution >= 0.6 is 0 Å². The molecule has 0 N–H and O–H groups in total. The summed E-state index contributed by atoms with van der Waals surface area (Å²) in [6.45, 7) is 0. The maximum atomic E-state index is 4.95. The van der Waals surface area contributed by atoms with Crippen molar-refractivity contribution in [3.63, 3.8) is 0 Å². The molecule has 3 heterocycles. The minimum atomic E-state index is 0.588. The Bertz CT molecular complexity index is 2130. The second kappa shape index (κ2) is 9.50. The fourth-order valence-electron chi connectivity index (χ4n) is 5.57. The van der Waals surface area contributed by atoms with Crippen LogP contribution in [0.15, 0.2) is 140 Å². The molecule has 0 saturated heterocycles. The van der Waals surface area contributed by atoms with Crippen molar-refractivity contribution in [2.45, 2.75) is 0 Å². The lowest BCUT2D eigenvalue weighted by Crippen LogP contribution is -2.01. The van der Waals surface area contributed by atoms with Crippen molar-refractivity contribution in [2.24, 2.45) is 0 Å². The van der Waals surface area contributed by atoms with Crippen molar-refractivity contribution >= 4 is 32.6 Å². The van der Waals surface area contributed by atoms with Crippen LogP contribution in [0.1, 0.15) is 0 Å².